The first-order valence-electron chi connectivity index (χ1n) is 7.95. The van der Waals surface area contributed by atoms with Gasteiger partial charge in [-0.15, -0.1) is 0 Å². The average Bonchev–Trinajstić information content (AvgIpc) is 2.56. The Bertz CT molecular complexity index is 745. The molecule has 0 amide bonds. The van der Waals surface area contributed by atoms with E-state index in [1.165, 1.54) is 27.7 Å². The van der Waals surface area contributed by atoms with Crippen LogP contribution in [0.3, 0.4) is 0 Å². The summed E-state index contributed by atoms with van der Waals surface area (Å²) in [6.07, 6.45) is 0.985. The van der Waals surface area contributed by atoms with E-state index in [4.69, 9.17) is 0 Å². The summed E-state index contributed by atoms with van der Waals surface area (Å²) in [4.78, 5) is 0. The lowest BCUT2D eigenvalue weighted by Crippen LogP contribution is -2.22. The SMILES string of the molecule is CB(C)c1cccc(-c2cccc(Cc3ccccc3)c2)c1. The highest BCUT2D eigenvalue weighted by Crippen LogP contribution is 2.21. The van der Waals surface area contributed by atoms with Crippen LogP contribution < -0.4 is 5.46 Å². The van der Waals surface area contributed by atoms with Crippen molar-refractivity contribution in [3.8, 4) is 11.1 Å². The number of rotatable bonds is 4. The molecule has 22 heavy (non-hydrogen) atoms. The summed E-state index contributed by atoms with van der Waals surface area (Å²) in [5, 5.41) is 0. The molecule has 0 aromatic heterocycles. The van der Waals surface area contributed by atoms with Gasteiger partial charge in [-0.3, -0.25) is 0 Å². The topological polar surface area (TPSA) is 0 Å². The number of benzene rings is 3. The van der Waals surface area contributed by atoms with Gasteiger partial charge in [0.1, 0.15) is 0 Å². The van der Waals surface area contributed by atoms with Gasteiger partial charge in [0, 0.05) is 0 Å². The third kappa shape index (κ3) is 3.48. The van der Waals surface area contributed by atoms with Gasteiger partial charge in [-0.05, 0) is 28.7 Å². The van der Waals surface area contributed by atoms with Crippen LogP contribution in [0.1, 0.15) is 11.1 Å². The maximum atomic E-state index is 2.31. The molecule has 0 aliphatic rings. The van der Waals surface area contributed by atoms with Gasteiger partial charge in [-0.1, -0.05) is 98.0 Å². The maximum Gasteiger partial charge on any atom is 0.169 e. The summed E-state index contributed by atoms with van der Waals surface area (Å²) in [6.45, 7) is 5.04. The van der Waals surface area contributed by atoms with Gasteiger partial charge in [0.25, 0.3) is 0 Å². The summed E-state index contributed by atoms with van der Waals surface area (Å²) < 4.78 is 0. The molecule has 0 unspecified atom stereocenters. The van der Waals surface area contributed by atoms with Crippen molar-refractivity contribution < 1.29 is 0 Å². The van der Waals surface area contributed by atoms with Gasteiger partial charge in [0.15, 0.2) is 6.71 Å². The molecule has 108 valence electrons. The fraction of sp³-hybridized carbons (Fsp3) is 0.143. The lowest BCUT2D eigenvalue weighted by molar-refractivity contribution is 1.19. The first kappa shape index (κ1) is 14.7. The van der Waals surface area contributed by atoms with Gasteiger partial charge in [-0.2, -0.15) is 0 Å². The number of hydrogen-bond donors (Lipinski definition) is 0. The molecule has 0 saturated carbocycles. The van der Waals surface area contributed by atoms with E-state index in [2.05, 4.69) is 92.5 Å². The van der Waals surface area contributed by atoms with E-state index in [-0.39, 0.29) is 0 Å². The highest BCUT2D eigenvalue weighted by molar-refractivity contribution is 6.70. The van der Waals surface area contributed by atoms with Crippen molar-refractivity contribution in [1.29, 1.82) is 0 Å². The minimum Gasteiger partial charge on any atom is -0.0819 e. The van der Waals surface area contributed by atoms with Crippen LogP contribution in [0.25, 0.3) is 11.1 Å². The van der Waals surface area contributed by atoms with Gasteiger partial charge >= 0.3 is 0 Å². The quantitative estimate of drug-likeness (QED) is 0.597. The van der Waals surface area contributed by atoms with Crippen molar-refractivity contribution in [2.75, 3.05) is 0 Å². The molecule has 0 fully saturated rings. The normalized spacial score (nSPS) is 10.5. The van der Waals surface area contributed by atoms with Gasteiger partial charge < -0.3 is 0 Å². The Kier molecular flexibility index (Phi) is 4.43. The van der Waals surface area contributed by atoms with Crippen LogP contribution in [0.15, 0.2) is 78.9 Å². The highest BCUT2D eigenvalue weighted by atomic mass is 14.1. The lowest BCUT2D eigenvalue weighted by Gasteiger charge is -2.09. The van der Waals surface area contributed by atoms with E-state index in [1.807, 2.05) is 0 Å². The average molecular weight is 284 g/mol. The van der Waals surface area contributed by atoms with Crippen molar-refractivity contribution in [2.24, 2.45) is 0 Å². The second kappa shape index (κ2) is 6.66. The van der Waals surface area contributed by atoms with Crippen LogP contribution in [-0.4, -0.2) is 6.71 Å². The predicted molar refractivity (Wildman–Crippen MR) is 98.2 cm³/mol. The van der Waals surface area contributed by atoms with Crippen molar-refractivity contribution >= 4 is 12.2 Å². The van der Waals surface area contributed by atoms with Crippen LogP contribution >= 0.6 is 0 Å². The van der Waals surface area contributed by atoms with Crippen molar-refractivity contribution in [1.82, 2.24) is 0 Å². The minimum atomic E-state index is 0.562. The van der Waals surface area contributed by atoms with Crippen LogP contribution in [0.5, 0.6) is 0 Å². The molecule has 0 radical (unpaired) electrons. The van der Waals surface area contributed by atoms with Crippen molar-refractivity contribution in [3.05, 3.63) is 90.0 Å². The van der Waals surface area contributed by atoms with Crippen LogP contribution in [-0.2, 0) is 6.42 Å². The van der Waals surface area contributed by atoms with E-state index in [1.54, 1.807) is 0 Å². The molecule has 0 aliphatic carbocycles. The standard InChI is InChI=1S/C21H21B/c1-22(2)21-13-7-12-20(16-21)19-11-6-10-18(15-19)14-17-8-4-3-5-9-17/h3-13,15-16H,14H2,1-2H3. The fourth-order valence-electron chi connectivity index (χ4n) is 2.77. The Labute approximate surface area is 133 Å². The molecular formula is C21H21B. The Balaban J connectivity index is 1.89. The Morgan fingerprint density at radius 1 is 0.636 bits per heavy atom. The van der Waals surface area contributed by atoms with Crippen LogP contribution in [0.4, 0.5) is 0 Å². The van der Waals surface area contributed by atoms with E-state index < -0.39 is 0 Å². The van der Waals surface area contributed by atoms with E-state index in [0.29, 0.717) is 6.71 Å². The molecule has 0 aliphatic heterocycles. The van der Waals surface area contributed by atoms with Crippen LogP contribution in [0, 0.1) is 0 Å². The zero-order chi connectivity index (χ0) is 15.4. The van der Waals surface area contributed by atoms with Gasteiger partial charge in [-0.25, -0.2) is 0 Å². The molecule has 0 atom stereocenters. The smallest absolute Gasteiger partial charge is 0.0819 e. The molecule has 3 rings (SSSR count). The van der Waals surface area contributed by atoms with E-state index in [0.717, 1.165) is 6.42 Å². The molecule has 0 nitrogen and oxygen atoms in total. The Hall–Kier alpha value is -2.28. The summed E-state index contributed by atoms with van der Waals surface area (Å²) >= 11 is 0. The Morgan fingerprint density at radius 2 is 1.27 bits per heavy atom. The highest BCUT2D eigenvalue weighted by Gasteiger charge is 2.05. The largest absolute Gasteiger partial charge is 0.169 e. The summed E-state index contributed by atoms with van der Waals surface area (Å²) in [7, 11) is 0. The molecule has 0 bridgehead atoms. The number of hydrogen-bond acceptors (Lipinski definition) is 0. The van der Waals surface area contributed by atoms with E-state index in [9.17, 15) is 0 Å². The molecular weight excluding hydrogens is 263 g/mol. The van der Waals surface area contributed by atoms with Crippen LogP contribution in [0.2, 0.25) is 13.6 Å². The second-order valence-corrected chi connectivity index (χ2v) is 6.14. The monoisotopic (exact) mass is 284 g/mol. The molecule has 0 N–H and O–H groups in total. The zero-order valence-electron chi connectivity index (χ0n) is 13.3. The summed E-state index contributed by atoms with van der Waals surface area (Å²) in [5.74, 6) is 0. The summed E-state index contributed by atoms with van der Waals surface area (Å²) in [5.41, 5.74) is 6.72. The van der Waals surface area contributed by atoms with Gasteiger partial charge in [0.2, 0.25) is 0 Å². The molecule has 1 heteroatoms. The second-order valence-electron chi connectivity index (χ2n) is 6.14. The third-order valence-corrected chi connectivity index (χ3v) is 4.06. The molecule has 3 aromatic rings. The zero-order valence-corrected chi connectivity index (χ0v) is 13.3. The Morgan fingerprint density at radius 3 is 2.00 bits per heavy atom. The van der Waals surface area contributed by atoms with Crippen molar-refractivity contribution in [3.63, 3.8) is 0 Å². The van der Waals surface area contributed by atoms with Gasteiger partial charge in [0.05, 0.1) is 0 Å². The molecule has 0 spiro atoms. The van der Waals surface area contributed by atoms with Crippen molar-refractivity contribution in [2.45, 2.75) is 20.1 Å². The first-order chi connectivity index (χ1) is 10.7. The lowest BCUT2D eigenvalue weighted by atomic mass is 9.49. The fourth-order valence-corrected chi connectivity index (χ4v) is 2.77. The minimum absolute atomic E-state index is 0.562. The predicted octanol–water partition coefficient (Wildman–Crippen LogP) is 4.91. The first-order valence-corrected chi connectivity index (χ1v) is 7.95. The van der Waals surface area contributed by atoms with E-state index >= 15 is 0 Å². The molecule has 3 aromatic carbocycles. The summed E-state index contributed by atoms with van der Waals surface area (Å²) in [6, 6.07) is 28.4. The third-order valence-electron chi connectivity index (χ3n) is 4.06. The molecule has 0 saturated heterocycles. The molecule has 0 heterocycles. The maximum absolute atomic E-state index is 2.31.